The van der Waals surface area contributed by atoms with Crippen LogP contribution in [0.3, 0.4) is 0 Å². The summed E-state index contributed by atoms with van der Waals surface area (Å²) in [6.45, 7) is 0. The minimum Gasteiger partial charge on any atom is -0.359 e. The Morgan fingerprint density at radius 2 is 2.08 bits per heavy atom. The normalized spacial score (nSPS) is 11.3. The van der Waals surface area contributed by atoms with Gasteiger partial charge in [0.2, 0.25) is 0 Å². The number of H-pyrrole nitrogens is 2. The van der Waals surface area contributed by atoms with Crippen LogP contribution in [0.5, 0.6) is 0 Å². The van der Waals surface area contributed by atoms with E-state index in [-0.39, 0.29) is 0 Å². The molecule has 2 heterocycles. The predicted molar refractivity (Wildman–Crippen MR) is 48.0 cm³/mol. The van der Waals surface area contributed by atoms with Gasteiger partial charge in [0.05, 0.1) is 17.4 Å². The summed E-state index contributed by atoms with van der Waals surface area (Å²) in [6, 6.07) is 6.16. The molecule has 0 spiro atoms. The fourth-order valence-corrected chi connectivity index (χ4v) is 1.53. The SMILES string of the molecule is c1nc2c(ccc3cc[nH]c32)[nH]1. The van der Waals surface area contributed by atoms with Gasteiger partial charge in [-0.15, -0.1) is 0 Å². The number of fused-ring (bicyclic) bond motifs is 3. The molecule has 0 aliphatic heterocycles. The van der Waals surface area contributed by atoms with Gasteiger partial charge < -0.3 is 9.97 Å². The van der Waals surface area contributed by atoms with Crippen molar-refractivity contribution in [3.63, 3.8) is 0 Å². The summed E-state index contributed by atoms with van der Waals surface area (Å²) in [7, 11) is 0. The first kappa shape index (κ1) is 5.83. The van der Waals surface area contributed by atoms with Crippen molar-refractivity contribution in [1.82, 2.24) is 15.0 Å². The van der Waals surface area contributed by atoms with Crippen LogP contribution >= 0.6 is 0 Å². The zero-order valence-corrected chi connectivity index (χ0v) is 6.33. The molecule has 12 heavy (non-hydrogen) atoms. The van der Waals surface area contributed by atoms with Crippen molar-refractivity contribution >= 4 is 21.9 Å². The predicted octanol–water partition coefficient (Wildman–Crippen LogP) is 2.04. The van der Waals surface area contributed by atoms with Crippen molar-refractivity contribution in [3.8, 4) is 0 Å². The highest BCUT2D eigenvalue weighted by Gasteiger charge is 2.01. The van der Waals surface area contributed by atoms with E-state index in [4.69, 9.17) is 0 Å². The molecule has 0 saturated carbocycles. The minimum atomic E-state index is 1.01. The Morgan fingerprint density at radius 3 is 3.08 bits per heavy atom. The van der Waals surface area contributed by atoms with Crippen molar-refractivity contribution in [2.45, 2.75) is 0 Å². The molecular formula is C9H7N3. The molecule has 2 N–H and O–H groups in total. The van der Waals surface area contributed by atoms with Crippen LogP contribution in [0.15, 0.2) is 30.7 Å². The smallest absolute Gasteiger partial charge is 0.112 e. The van der Waals surface area contributed by atoms with Crippen LogP contribution in [-0.4, -0.2) is 15.0 Å². The number of hydrogen-bond acceptors (Lipinski definition) is 1. The number of hydrogen-bond donors (Lipinski definition) is 2. The maximum absolute atomic E-state index is 4.23. The summed E-state index contributed by atoms with van der Waals surface area (Å²) in [5.74, 6) is 0. The monoisotopic (exact) mass is 157 g/mol. The molecule has 0 amide bonds. The molecule has 0 saturated heterocycles. The molecule has 1 aromatic carbocycles. The number of benzene rings is 1. The van der Waals surface area contributed by atoms with E-state index in [0.29, 0.717) is 0 Å². The third-order valence-electron chi connectivity index (χ3n) is 2.11. The van der Waals surface area contributed by atoms with E-state index in [0.717, 1.165) is 16.6 Å². The largest absolute Gasteiger partial charge is 0.359 e. The number of nitrogens with one attached hydrogen (secondary N) is 2. The van der Waals surface area contributed by atoms with Gasteiger partial charge >= 0.3 is 0 Å². The van der Waals surface area contributed by atoms with Crippen molar-refractivity contribution in [2.24, 2.45) is 0 Å². The third kappa shape index (κ3) is 0.580. The van der Waals surface area contributed by atoms with Crippen LogP contribution < -0.4 is 0 Å². The van der Waals surface area contributed by atoms with Crippen LogP contribution in [0.2, 0.25) is 0 Å². The lowest BCUT2D eigenvalue weighted by Crippen LogP contribution is -1.71. The van der Waals surface area contributed by atoms with E-state index < -0.39 is 0 Å². The van der Waals surface area contributed by atoms with Crippen molar-refractivity contribution in [2.75, 3.05) is 0 Å². The Hall–Kier alpha value is -1.77. The molecule has 3 rings (SSSR count). The summed E-state index contributed by atoms with van der Waals surface area (Å²) in [5.41, 5.74) is 3.19. The van der Waals surface area contributed by atoms with Crippen LogP contribution in [0.4, 0.5) is 0 Å². The van der Waals surface area contributed by atoms with Crippen LogP contribution in [0.1, 0.15) is 0 Å². The van der Waals surface area contributed by atoms with Crippen LogP contribution in [-0.2, 0) is 0 Å². The Bertz CT molecular complexity index is 483. The van der Waals surface area contributed by atoms with Crippen molar-refractivity contribution in [3.05, 3.63) is 30.7 Å². The molecule has 0 unspecified atom stereocenters. The highest BCUT2D eigenvalue weighted by Crippen LogP contribution is 2.20. The second kappa shape index (κ2) is 1.88. The first-order valence-electron chi connectivity index (χ1n) is 3.84. The molecule has 3 nitrogen and oxygen atoms in total. The number of imidazole rings is 1. The van der Waals surface area contributed by atoms with Gasteiger partial charge in [0.25, 0.3) is 0 Å². The average molecular weight is 157 g/mol. The highest BCUT2D eigenvalue weighted by atomic mass is 14.9. The van der Waals surface area contributed by atoms with Gasteiger partial charge in [0.1, 0.15) is 5.52 Å². The summed E-state index contributed by atoms with van der Waals surface area (Å²) < 4.78 is 0. The summed E-state index contributed by atoms with van der Waals surface area (Å²) in [5, 5.41) is 1.20. The summed E-state index contributed by atoms with van der Waals surface area (Å²) >= 11 is 0. The quantitative estimate of drug-likeness (QED) is 0.515. The molecule has 58 valence electrons. The number of nitrogens with zero attached hydrogens (tertiary/aromatic N) is 1. The number of aromatic nitrogens is 3. The zero-order valence-electron chi connectivity index (χ0n) is 6.33. The fourth-order valence-electron chi connectivity index (χ4n) is 1.53. The molecule has 3 aromatic rings. The first-order chi connectivity index (χ1) is 5.95. The minimum absolute atomic E-state index is 1.01. The number of aromatic amines is 2. The molecule has 0 aliphatic rings. The Morgan fingerprint density at radius 1 is 1.08 bits per heavy atom. The van der Waals surface area contributed by atoms with Gasteiger partial charge in [0.15, 0.2) is 0 Å². The Balaban J connectivity index is 2.71. The van der Waals surface area contributed by atoms with E-state index in [1.807, 2.05) is 18.3 Å². The van der Waals surface area contributed by atoms with Crippen molar-refractivity contribution < 1.29 is 0 Å². The highest BCUT2D eigenvalue weighted by molar-refractivity contribution is 6.01. The van der Waals surface area contributed by atoms with E-state index in [1.54, 1.807) is 6.33 Å². The van der Waals surface area contributed by atoms with Crippen molar-refractivity contribution in [1.29, 1.82) is 0 Å². The van der Waals surface area contributed by atoms with E-state index in [2.05, 4.69) is 21.0 Å². The Kier molecular flexibility index (Phi) is 0.913. The fraction of sp³-hybridized carbons (Fsp3) is 0. The van der Waals surface area contributed by atoms with Crippen LogP contribution in [0.25, 0.3) is 21.9 Å². The Labute approximate surface area is 68.4 Å². The zero-order chi connectivity index (χ0) is 7.97. The average Bonchev–Trinajstić information content (AvgIpc) is 2.71. The molecular weight excluding hydrogens is 150 g/mol. The molecule has 0 aliphatic carbocycles. The molecule has 0 atom stereocenters. The molecule has 2 aromatic heterocycles. The lowest BCUT2D eigenvalue weighted by atomic mass is 10.2. The second-order valence-electron chi connectivity index (χ2n) is 2.81. The lowest BCUT2D eigenvalue weighted by molar-refractivity contribution is 1.34. The maximum atomic E-state index is 4.23. The molecule has 0 bridgehead atoms. The van der Waals surface area contributed by atoms with Gasteiger partial charge in [-0.05, 0) is 12.1 Å². The van der Waals surface area contributed by atoms with Gasteiger partial charge in [0, 0.05) is 11.6 Å². The molecule has 0 fully saturated rings. The van der Waals surface area contributed by atoms with Gasteiger partial charge in [-0.2, -0.15) is 0 Å². The second-order valence-corrected chi connectivity index (χ2v) is 2.81. The van der Waals surface area contributed by atoms with E-state index in [9.17, 15) is 0 Å². The summed E-state index contributed by atoms with van der Waals surface area (Å²) in [6.07, 6.45) is 3.64. The van der Waals surface area contributed by atoms with E-state index in [1.165, 1.54) is 5.39 Å². The molecule has 0 radical (unpaired) electrons. The maximum Gasteiger partial charge on any atom is 0.112 e. The molecule has 3 heteroatoms. The van der Waals surface area contributed by atoms with Gasteiger partial charge in [-0.1, -0.05) is 6.07 Å². The lowest BCUT2D eigenvalue weighted by Gasteiger charge is -1.89. The number of rotatable bonds is 0. The van der Waals surface area contributed by atoms with Crippen LogP contribution in [0, 0.1) is 0 Å². The third-order valence-corrected chi connectivity index (χ3v) is 2.11. The van der Waals surface area contributed by atoms with Gasteiger partial charge in [-0.25, -0.2) is 4.98 Å². The van der Waals surface area contributed by atoms with Gasteiger partial charge in [-0.3, -0.25) is 0 Å². The standard InChI is InChI=1S/C9H7N3/c1-2-7-9(12-5-11-7)8-6(1)3-4-10-8/h1-5,10H,(H,11,12). The van der Waals surface area contributed by atoms with E-state index >= 15 is 0 Å². The summed E-state index contributed by atoms with van der Waals surface area (Å²) in [4.78, 5) is 10.5. The topological polar surface area (TPSA) is 44.5 Å². The first-order valence-corrected chi connectivity index (χ1v) is 3.84.